The second-order valence-corrected chi connectivity index (χ2v) is 8.39. The van der Waals surface area contributed by atoms with Crippen LogP contribution in [0.5, 0.6) is 0 Å². The third kappa shape index (κ3) is 11.6. The summed E-state index contributed by atoms with van der Waals surface area (Å²) in [7, 11) is 0. The third-order valence-corrected chi connectivity index (χ3v) is 5.44. The van der Waals surface area contributed by atoms with Crippen LogP contribution in [-0.4, -0.2) is 88.5 Å². The lowest BCUT2D eigenvalue weighted by Crippen LogP contribution is -2.60. The van der Waals surface area contributed by atoms with E-state index in [1.807, 2.05) is 6.26 Å². The van der Waals surface area contributed by atoms with Crippen LogP contribution in [0.3, 0.4) is 0 Å². The first-order valence-corrected chi connectivity index (χ1v) is 12.0. The number of thioether (sulfide) groups is 1. The SMILES string of the molecule is CSCCC(NC(=O)C(NC(=O)C(N)CS)C(C)O)C(=O)NC(CCCCN)C(=O)O. The Bertz CT molecular complexity index is 596. The Morgan fingerprint density at radius 2 is 1.61 bits per heavy atom. The summed E-state index contributed by atoms with van der Waals surface area (Å²) in [6.07, 6.45) is 2.14. The summed E-state index contributed by atoms with van der Waals surface area (Å²) >= 11 is 5.36. The van der Waals surface area contributed by atoms with Gasteiger partial charge < -0.3 is 37.6 Å². The lowest BCUT2D eigenvalue weighted by atomic mass is 10.1. The van der Waals surface area contributed by atoms with E-state index in [2.05, 4.69) is 28.6 Å². The number of unbranched alkanes of at least 4 members (excludes halogenated alkanes) is 1. The summed E-state index contributed by atoms with van der Waals surface area (Å²) in [6.45, 7) is 1.72. The van der Waals surface area contributed by atoms with Gasteiger partial charge >= 0.3 is 5.97 Å². The molecule has 0 aliphatic rings. The molecule has 0 aromatic carbocycles. The summed E-state index contributed by atoms with van der Waals surface area (Å²) in [5.41, 5.74) is 11.0. The summed E-state index contributed by atoms with van der Waals surface area (Å²) < 4.78 is 0. The summed E-state index contributed by atoms with van der Waals surface area (Å²) in [5, 5.41) is 26.6. The van der Waals surface area contributed by atoms with Crippen LogP contribution < -0.4 is 27.4 Å². The number of rotatable bonds is 16. The van der Waals surface area contributed by atoms with Crippen molar-refractivity contribution in [2.75, 3.05) is 24.3 Å². The number of aliphatic hydroxyl groups excluding tert-OH is 1. The highest BCUT2D eigenvalue weighted by molar-refractivity contribution is 7.98. The molecular formula is C18H35N5O6S2. The quantitative estimate of drug-likeness (QED) is 0.0911. The van der Waals surface area contributed by atoms with E-state index in [4.69, 9.17) is 11.5 Å². The third-order valence-electron chi connectivity index (χ3n) is 4.40. The van der Waals surface area contributed by atoms with Gasteiger partial charge in [-0.15, -0.1) is 0 Å². The maximum atomic E-state index is 12.7. The Morgan fingerprint density at radius 1 is 1.00 bits per heavy atom. The zero-order valence-electron chi connectivity index (χ0n) is 17.9. The van der Waals surface area contributed by atoms with Crippen molar-refractivity contribution < 1.29 is 29.4 Å². The molecule has 0 radical (unpaired) electrons. The number of aliphatic hydroxyl groups is 1. The van der Waals surface area contributed by atoms with Crippen LogP contribution >= 0.6 is 24.4 Å². The first kappa shape index (κ1) is 29.5. The van der Waals surface area contributed by atoms with E-state index in [1.165, 1.54) is 18.7 Å². The van der Waals surface area contributed by atoms with Crippen molar-refractivity contribution in [2.24, 2.45) is 11.5 Å². The lowest BCUT2D eigenvalue weighted by Gasteiger charge is -2.26. The molecule has 0 fully saturated rings. The number of carbonyl (C=O) groups is 4. The van der Waals surface area contributed by atoms with Gasteiger partial charge in [-0.1, -0.05) is 0 Å². The van der Waals surface area contributed by atoms with Crippen molar-refractivity contribution in [3.63, 3.8) is 0 Å². The van der Waals surface area contributed by atoms with Gasteiger partial charge in [0.05, 0.1) is 12.1 Å². The first-order chi connectivity index (χ1) is 14.6. The Labute approximate surface area is 192 Å². The van der Waals surface area contributed by atoms with Crippen LogP contribution in [0.15, 0.2) is 0 Å². The van der Waals surface area contributed by atoms with E-state index in [0.29, 0.717) is 25.1 Å². The number of nitrogens with one attached hydrogen (secondary N) is 3. The average molecular weight is 482 g/mol. The molecular weight excluding hydrogens is 446 g/mol. The molecule has 0 aliphatic heterocycles. The van der Waals surface area contributed by atoms with Crippen molar-refractivity contribution >= 4 is 48.1 Å². The van der Waals surface area contributed by atoms with Crippen molar-refractivity contribution in [3.8, 4) is 0 Å². The van der Waals surface area contributed by atoms with Crippen molar-refractivity contribution in [1.29, 1.82) is 0 Å². The van der Waals surface area contributed by atoms with Crippen LogP contribution in [0.2, 0.25) is 0 Å². The highest BCUT2D eigenvalue weighted by atomic mass is 32.2. The normalized spacial score (nSPS) is 15.8. The molecule has 13 heteroatoms. The van der Waals surface area contributed by atoms with Crippen LogP contribution in [0, 0.1) is 0 Å². The molecule has 5 atom stereocenters. The molecule has 31 heavy (non-hydrogen) atoms. The zero-order valence-corrected chi connectivity index (χ0v) is 19.6. The van der Waals surface area contributed by atoms with Crippen molar-refractivity contribution in [1.82, 2.24) is 16.0 Å². The van der Waals surface area contributed by atoms with Gasteiger partial charge in [-0.05, 0) is 51.2 Å². The second-order valence-electron chi connectivity index (χ2n) is 7.04. The molecule has 0 spiro atoms. The molecule has 3 amide bonds. The van der Waals surface area contributed by atoms with E-state index in [9.17, 15) is 29.4 Å². The monoisotopic (exact) mass is 481 g/mol. The minimum atomic E-state index is -1.34. The molecule has 0 saturated carbocycles. The number of carbonyl (C=O) groups excluding carboxylic acids is 3. The predicted molar refractivity (Wildman–Crippen MR) is 123 cm³/mol. The number of hydrogen-bond acceptors (Lipinski definition) is 9. The van der Waals surface area contributed by atoms with Gasteiger partial charge in [0, 0.05) is 5.75 Å². The van der Waals surface area contributed by atoms with Crippen LogP contribution in [0.1, 0.15) is 32.6 Å². The largest absolute Gasteiger partial charge is 0.480 e. The average Bonchev–Trinajstić information content (AvgIpc) is 2.72. The first-order valence-electron chi connectivity index (χ1n) is 9.96. The fourth-order valence-corrected chi connectivity index (χ4v) is 3.17. The molecule has 0 aliphatic carbocycles. The maximum absolute atomic E-state index is 12.7. The molecule has 0 aromatic rings. The molecule has 0 rings (SSSR count). The fourth-order valence-electron chi connectivity index (χ4n) is 2.54. The van der Waals surface area contributed by atoms with Gasteiger partial charge in [-0.25, -0.2) is 4.79 Å². The van der Waals surface area contributed by atoms with Crippen LogP contribution in [0.25, 0.3) is 0 Å². The smallest absolute Gasteiger partial charge is 0.326 e. The van der Waals surface area contributed by atoms with Gasteiger partial charge in [-0.3, -0.25) is 14.4 Å². The van der Waals surface area contributed by atoms with Crippen LogP contribution in [0.4, 0.5) is 0 Å². The number of carboxylic acid groups (broad SMARTS) is 1. The second kappa shape index (κ2) is 16.1. The fraction of sp³-hybridized carbons (Fsp3) is 0.778. The molecule has 0 heterocycles. The standard InChI is InChI=1S/C18H35N5O6S2/c1-10(24)14(23-15(25)11(20)9-30)17(27)21-12(6-8-31-2)16(26)22-13(18(28)29)5-3-4-7-19/h10-14,24,30H,3-9,19-20H2,1-2H3,(H,21,27)(H,22,26)(H,23,25)(H,28,29). The summed E-state index contributed by atoms with van der Waals surface area (Å²) in [6, 6.07) is -4.48. The highest BCUT2D eigenvalue weighted by Crippen LogP contribution is 2.06. The molecule has 0 bridgehead atoms. The minimum absolute atomic E-state index is 0.0411. The van der Waals surface area contributed by atoms with E-state index < -0.39 is 54.0 Å². The van der Waals surface area contributed by atoms with E-state index in [-0.39, 0.29) is 18.6 Å². The van der Waals surface area contributed by atoms with Gasteiger partial charge in [0.2, 0.25) is 17.7 Å². The van der Waals surface area contributed by atoms with Crippen molar-refractivity contribution in [3.05, 3.63) is 0 Å². The number of amides is 3. The highest BCUT2D eigenvalue weighted by Gasteiger charge is 2.32. The molecule has 0 aromatic heterocycles. The van der Waals surface area contributed by atoms with Crippen LogP contribution in [-0.2, 0) is 19.2 Å². The van der Waals surface area contributed by atoms with Crippen molar-refractivity contribution in [2.45, 2.75) is 62.9 Å². The van der Waals surface area contributed by atoms with Gasteiger partial charge in [0.15, 0.2) is 0 Å². The summed E-state index contributed by atoms with van der Waals surface area (Å²) in [4.78, 5) is 48.8. The molecule has 5 unspecified atom stereocenters. The van der Waals surface area contributed by atoms with E-state index in [1.54, 1.807) is 0 Å². The number of aliphatic carboxylic acids is 1. The van der Waals surface area contributed by atoms with E-state index in [0.717, 1.165) is 0 Å². The molecule has 0 saturated heterocycles. The number of carboxylic acids is 1. The molecule has 180 valence electrons. The predicted octanol–water partition coefficient (Wildman–Crippen LogP) is -1.95. The Kier molecular flexibility index (Phi) is 15.3. The number of nitrogens with two attached hydrogens (primary N) is 2. The Balaban J connectivity index is 5.29. The Hall–Kier alpha value is -1.54. The lowest BCUT2D eigenvalue weighted by molar-refractivity contribution is -0.142. The molecule has 9 N–H and O–H groups in total. The van der Waals surface area contributed by atoms with Gasteiger partial charge in [0.1, 0.15) is 18.1 Å². The zero-order chi connectivity index (χ0) is 24.0. The summed E-state index contributed by atoms with van der Waals surface area (Å²) in [5.74, 6) is -2.75. The maximum Gasteiger partial charge on any atom is 0.326 e. The number of thiol groups is 1. The topological polar surface area (TPSA) is 197 Å². The number of hydrogen-bond donors (Lipinski definition) is 8. The molecule has 11 nitrogen and oxygen atoms in total. The minimum Gasteiger partial charge on any atom is -0.480 e. The van der Waals surface area contributed by atoms with Gasteiger partial charge in [0.25, 0.3) is 0 Å². The van der Waals surface area contributed by atoms with Gasteiger partial charge in [-0.2, -0.15) is 24.4 Å². The Morgan fingerprint density at radius 3 is 2.10 bits per heavy atom. The van der Waals surface area contributed by atoms with E-state index >= 15 is 0 Å².